The average Bonchev–Trinajstić information content (AvgIpc) is 2.53. The molecule has 0 unspecified atom stereocenters. The van der Waals surface area contributed by atoms with Gasteiger partial charge in [-0.15, -0.1) is 0 Å². The lowest BCUT2D eigenvalue weighted by Gasteiger charge is -2.09. The van der Waals surface area contributed by atoms with Crippen molar-refractivity contribution in [3.63, 3.8) is 0 Å². The quantitative estimate of drug-likeness (QED) is 0.819. The Morgan fingerprint density at radius 1 is 1.44 bits per heavy atom. The van der Waals surface area contributed by atoms with Gasteiger partial charge in [0.2, 0.25) is 0 Å². The Kier molecular flexibility index (Phi) is 2.94. The zero-order valence-corrected chi connectivity index (χ0v) is 11.1. The van der Waals surface area contributed by atoms with Crippen LogP contribution in [-0.4, -0.2) is 14.8 Å². The summed E-state index contributed by atoms with van der Waals surface area (Å²) in [4.78, 5) is 0. The van der Waals surface area contributed by atoms with Crippen LogP contribution in [-0.2, 0) is 0 Å². The number of nitrogens with one attached hydrogen (secondary N) is 1. The number of hydrogen-bond donors (Lipinski definition) is 1. The van der Waals surface area contributed by atoms with Gasteiger partial charge in [0, 0.05) is 0 Å². The first-order chi connectivity index (χ1) is 7.50. The van der Waals surface area contributed by atoms with Crippen LogP contribution in [0.15, 0.2) is 16.6 Å². The molecule has 0 fully saturated rings. The Labute approximate surface area is 105 Å². The number of nitrogens with zero attached hydrogens (tertiary/aromatic N) is 2. The van der Waals surface area contributed by atoms with Crippen molar-refractivity contribution in [2.75, 3.05) is 0 Å². The molecule has 0 saturated carbocycles. The van der Waals surface area contributed by atoms with E-state index in [0.29, 0.717) is 9.24 Å². The number of aryl methyl sites for hydroxylation is 2. The van der Waals surface area contributed by atoms with Gasteiger partial charge >= 0.3 is 0 Å². The number of aromatic nitrogens is 3. The molecule has 2 rings (SSSR count). The third-order valence-corrected chi connectivity index (χ3v) is 3.20. The molecule has 84 valence electrons. The summed E-state index contributed by atoms with van der Waals surface area (Å²) in [5.74, 6) is 0.459. The van der Waals surface area contributed by atoms with Crippen molar-refractivity contribution >= 4 is 28.1 Å². The minimum atomic E-state index is -0.283. The highest BCUT2D eigenvalue weighted by atomic mass is 79.9. The van der Waals surface area contributed by atoms with E-state index in [4.69, 9.17) is 12.2 Å². The molecule has 16 heavy (non-hydrogen) atoms. The standard InChI is InChI=1S/C10H9BrFN3S/c1-5-3-8(12)7(11)4-9(5)15-6(2)13-14-10(15)16/h3-4H,1-2H3,(H,14,16). The Bertz CT molecular complexity index is 603. The molecule has 0 aliphatic rings. The van der Waals surface area contributed by atoms with Crippen molar-refractivity contribution in [2.24, 2.45) is 0 Å². The first-order valence-corrected chi connectivity index (χ1v) is 5.81. The molecule has 3 nitrogen and oxygen atoms in total. The van der Waals surface area contributed by atoms with Gasteiger partial charge in [-0.2, -0.15) is 5.10 Å². The summed E-state index contributed by atoms with van der Waals surface area (Å²) in [5, 5.41) is 6.73. The minimum absolute atomic E-state index is 0.283. The fraction of sp³-hybridized carbons (Fsp3) is 0.200. The Morgan fingerprint density at radius 3 is 2.69 bits per heavy atom. The largest absolute Gasteiger partial charge is 0.272 e. The van der Waals surface area contributed by atoms with Crippen molar-refractivity contribution in [1.29, 1.82) is 0 Å². The van der Waals surface area contributed by atoms with E-state index in [1.54, 1.807) is 10.6 Å². The van der Waals surface area contributed by atoms with E-state index in [1.807, 2.05) is 13.8 Å². The van der Waals surface area contributed by atoms with Crippen molar-refractivity contribution in [3.05, 3.63) is 38.6 Å². The first kappa shape index (κ1) is 11.5. The summed E-state index contributed by atoms with van der Waals surface area (Å²) in [6.45, 7) is 3.67. The molecule has 0 bridgehead atoms. The third-order valence-electron chi connectivity index (χ3n) is 2.32. The van der Waals surface area contributed by atoms with Crippen LogP contribution in [0.5, 0.6) is 0 Å². The normalized spacial score (nSPS) is 10.8. The highest BCUT2D eigenvalue weighted by molar-refractivity contribution is 9.10. The molecule has 0 saturated heterocycles. The summed E-state index contributed by atoms with van der Waals surface area (Å²) in [5.41, 5.74) is 1.63. The molecule has 1 aromatic heterocycles. The zero-order valence-electron chi connectivity index (χ0n) is 8.71. The van der Waals surface area contributed by atoms with Gasteiger partial charge in [-0.05, 0) is 59.7 Å². The molecule has 0 aliphatic heterocycles. The second-order valence-corrected chi connectivity index (χ2v) is 4.71. The summed E-state index contributed by atoms with van der Waals surface area (Å²) in [6, 6.07) is 3.16. The molecule has 0 amide bonds. The van der Waals surface area contributed by atoms with Crippen LogP contribution in [0.25, 0.3) is 5.69 Å². The van der Waals surface area contributed by atoms with E-state index in [-0.39, 0.29) is 5.82 Å². The van der Waals surface area contributed by atoms with Gasteiger partial charge in [0.25, 0.3) is 0 Å². The maximum Gasteiger partial charge on any atom is 0.199 e. The number of hydrogen-bond acceptors (Lipinski definition) is 2. The molecule has 0 aliphatic carbocycles. The lowest BCUT2D eigenvalue weighted by molar-refractivity contribution is 0.619. The van der Waals surface area contributed by atoms with E-state index in [2.05, 4.69) is 26.1 Å². The van der Waals surface area contributed by atoms with Crippen LogP contribution in [0.4, 0.5) is 4.39 Å². The van der Waals surface area contributed by atoms with Gasteiger partial charge in [-0.3, -0.25) is 9.67 Å². The second-order valence-electron chi connectivity index (χ2n) is 3.46. The maximum absolute atomic E-state index is 13.3. The maximum atomic E-state index is 13.3. The van der Waals surface area contributed by atoms with Gasteiger partial charge in [-0.25, -0.2) is 4.39 Å². The third kappa shape index (κ3) is 1.82. The molecular weight excluding hydrogens is 293 g/mol. The van der Waals surface area contributed by atoms with Crippen LogP contribution in [0.1, 0.15) is 11.4 Å². The predicted octanol–water partition coefficient (Wildman–Crippen LogP) is 3.45. The van der Waals surface area contributed by atoms with Crippen molar-refractivity contribution in [2.45, 2.75) is 13.8 Å². The number of halogens is 2. The number of benzene rings is 1. The molecule has 1 heterocycles. The van der Waals surface area contributed by atoms with Crippen molar-refractivity contribution in [1.82, 2.24) is 14.8 Å². The van der Waals surface area contributed by atoms with Gasteiger partial charge in [0.15, 0.2) is 4.77 Å². The van der Waals surface area contributed by atoms with Gasteiger partial charge in [0.1, 0.15) is 11.6 Å². The lowest BCUT2D eigenvalue weighted by Crippen LogP contribution is -2.00. The highest BCUT2D eigenvalue weighted by Crippen LogP contribution is 2.24. The van der Waals surface area contributed by atoms with E-state index in [9.17, 15) is 4.39 Å². The molecule has 1 N–H and O–H groups in total. The fourth-order valence-electron chi connectivity index (χ4n) is 1.54. The van der Waals surface area contributed by atoms with E-state index in [0.717, 1.165) is 17.1 Å². The Balaban J connectivity index is 2.74. The molecule has 0 spiro atoms. The Morgan fingerprint density at radius 2 is 2.12 bits per heavy atom. The van der Waals surface area contributed by atoms with Gasteiger partial charge < -0.3 is 0 Å². The summed E-state index contributed by atoms with van der Waals surface area (Å²) >= 11 is 8.29. The lowest BCUT2D eigenvalue weighted by atomic mass is 10.2. The van der Waals surface area contributed by atoms with Crippen LogP contribution < -0.4 is 0 Å². The summed E-state index contributed by atoms with van der Waals surface area (Å²) in [6.07, 6.45) is 0. The van der Waals surface area contributed by atoms with Crippen LogP contribution >= 0.6 is 28.1 Å². The SMILES string of the molecule is Cc1cc(F)c(Br)cc1-n1c(C)n[nH]c1=S. The van der Waals surface area contributed by atoms with Crippen LogP contribution in [0, 0.1) is 24.4 Å². The van der Waals surface area contributed by atoms with E-state index >= 15 is 0 Å². The molecule has 1 aromatic carbocycles. The summed E-state index contributed by atoms with van der Waals surface area (Å²) < 4.78 is 16.0. The van der Waals surface area contributed by atoms with Crippen LogP contribution in [0.2, 0.25) is 0 Å². The first-order valence-electron chi connectivity index (χ1n) is 4.60. The van der Waals surface area contributed by atoms with Crippen molar-refractivity contribution < 1.29 is 4.39 Å². The molecule has 0 radical (unpaired) electrons. The zero-order chi connectivity index (χ0) is 11.9. The molecular formula is C10H9BrFN3S. The minimum Gasteiger partial charge on any atom is -0.272 e. The number of H-pyrrole nitrogens is 1. The van der Waals surface area contributed by atoms with Gasteiger partial charge in [-0.1, -0.05) is 0 Å². The van der Waals surface area contributed by atoms with E-state index in [1.165, 1.54) is 6.07 Å². The van der Waals surface area contributed by atoms with Crippen LogP contribution in [0.3, 0.4) is 0 Å². The average molecular weight is 302 g/mol. The van der Waals surface area contributed by atoms with Crippen molar-refractivity contribution in [3.8, 4) is 5.69 Å². The molecule has 6 heteroatoms. The molecule has 0 atom stereocenters. The highest BCUT2D eigenvalue weighted by Gasteiger charge is 2.10. The Hall–Kier alpha value is -1.01. The number of rotatable bonds is 1. The topological polar surface area (TPSA) is 33.6 Å². The van der Waals surface area contributed by atoms with E-state index < -0.39 is 0 Å². The van der Waals surface area contributed by atoms with Gasteiger partial charge in [0.05, 0.1) is 10.2 Å². The molecule has 2 aromatic rings. The monoisotopic (exact) mass is 301 g/mol. The number of aromatic amines is 1. The smallest absolute Gasteiger partial charge is 0.199 e. The summed E-state index contributed by atoms with van der Waals surface area (Å²) in [7, 11) is 0. The fourth-order valence-corrected chi connectivity index (χ4v) is 2.14. The predicted molar refractivity (Wildman–Crippen MR) is 65.9 cm³/mol. The second kappa shape index (κ2) is 4.10.